The summed E-state index contributed by atoms with van der Waals surface area (Å²) in [6.07, 6.45) is 2.27. The lowest BCUT2D eigenvalue weighted by molar-refractivity contribution is 0.452. The van der Waals surface area contributed by atoms with Crippen molar-refractivity contribution in [3.8, 4) is 0 Å². The first-order valence-corrected chi connectivity index (χ1v) is 5.23. The van der Waals surface area contributed by atoms with Gasteiger partial charge in [0.05, 0.1) is 11.7 Å². The fourth-order valence-corrected chi connectivity index (χ4v) is 2.03. The quantitative estimate of drug-likeness (QED) is 0.694. The van der Waals surface area contributed by atoms with Crippen LogP contribution in [0.15, 0.2) is 22.6 Å². The van der Waals surface area contributed by atoms with E-state index in [2.05, 4.69) is 10.3 Å². The molecule has 3 rings (SSSR count). The van der Waals surface area contributed by atoms with Gasteiger partial charge >= 0.3 is 0 Å². The van der Waals surface area contributed by atoms with E-state index < -0.39 is 0 Å². The van der Waals surface area contributed by atoms with E-state index in [1.807, 2.05) is 18.2 Å². The molecule has 4 heteroatoms. The largest absolute Gasteiger partial charge is 0.439 e. The van der Waals surface area contributed by atoms with Crippen LogP contribution in [0.4, 0.5) is 5.69 Å². The molecule has 0 saturated carbocycles. The Morgan fingerprint density at radius 3 is 3.13 bits per heavy atom. The summed E-state index contributed by atoms with van der Waals surface area (Å²) < 4.78 is 5.68. The van der Waals surface area contributed by atoms with Crippen LogP contribution in [0, 0.1) is 0 Å². The number of hydrogen-bond acceptors (Lipinski definition) is 4. The number of para-hydroxylation sites is 1. The van der Waals surface area contributed by atoms with Crippen molar-refractivity contribution >= 4 is 16.8 Å². The Bertz CT molecular complexity index is 486. The maximum absolute atomic E-state index is 5.83. The average Bonchev–Trinajstić information content (AvgIpc) is 2.86. The highest BCUT2D eigenvalue weighted by molar-refractivity contribution is 5.85. The van der Waals surface area contributed by atoms with Crippen LogP contribution < -0.4 is 11.1 Å². The second-order valence-corrected chi connectivity index (χ2v) is 3.90. The Morgan fingerprint density at radius 2 is 2.40 bits per heavy atom. The minimum absolute atomic E-state index is 0.261. The van der Waals surface area contributed by atoms with Crippen LogP contribution in [0.1, 0.15) is 24.8 Å². The van der Waals surface area contributed by atoms with Crippen LogP contribution in [0.25, 0.3) is 11.1 Å². The second kappa shape index (κ2) is 3.24. The topological polar surface area (TPSA) is 64.1 Å². The molecule has 2 heterocycles. The number of aromatic nitrogens is 1. The first kappa shape index (κ1) is 8.73. The van der Waals surface area contributed by atoms with E-state index in [-0.39, 0.29) is 6.04 Å². The molecule has 4 nitrogen and oxygen atoms in total. The van der Waals surface area contributed by atoms with E-state index in [0.29, 0.717) is 5.69 Å². The lowest BCUT2D eigenvalue weighted by atomic mass is 10.2. The van der Waals surface area contributed by atoms with Crippen molar-refractivity contribution in [2.45, 2.75) is 18.9 Å². The van der Waals surface area contributed by atoms with Crippen LogP contribution in [-0.4, -0.2) is 11.5 Å². The van der Waals surface area contributed by atoms with Gasteiger partial charge in [0, 0.05) is 0 Å². The summed E-state index contributed by atoms with van der Waals surface area (Å²) in [6.45, 7) is 1.04. The Balaban J connectivity index is 2.09. The number of anilines is 1. The van der Waals surface area contributed by atoms with Crippen molar-refractivity contribution in [2.75, 3.05) is 12.3 Å². The van der Waals surface area contributed by atoms with Crippen molar-refractivity contribution in [2.24, 2.45) is 0 Å². The van der Waals surface area contributed by atoms with E-state index in [9.17, 15) is 0 Å². The van der Waals surface area contributed by atoms with Crippen LogP contribution in [0.2, 0.25) is 0 Å². The number of nitrogen functional groups attached to an aromatic ring is 1. The highest BCUT2D eigenvalue weighted by atomic mass is 16.3. The van der Waals surface area contributed by atoms with E-state index in [0.717, 1.165) is 30.0 Å². The molecular weight excluding hydrogens is 190 g/mol. The van der Waals surface area contributed by atoms with Crippen molar-refractivity contribution in [1.29, 1.82) is 0 Å². The molecule has 1 saturated heterocycles. The fourth-order valence-electron chi connectivity index (χ4n) is 2.03. The minimum Gasteiger partial charge on any atom is -0.439 e. The van der Waals surface area contributed by atoms with Gasteiger partial charge in [0.15, 0.2) is 5.58 Å². The summed E-state index contributed by atoms with van der Waals surface area (Å²) in [7, 11) is 0. The van der Waals surface area contributed by atoms with Crippen LogP contribution >= 0.6 is 0 Å². The minimum atomic E-state index is 0.261. The zero-order valence-electron chi connectivity index (χ0n) is 8.36. The first-order chi connectivity index (χ1) is 7.34. The molecule has 1 aromatic carbocycles. The second-order valence-electron chi connectivity index (χ2n) is 3.90. The van der Waals surface area contributed by atoms with Crippen LogP contribution in [0.3, 0.4) is 0 Å². The van der Waals surface area contributed by atoms with Gasteiger partial charge in [0.25, 0.3) is 0 Å². The maximum Gasteiger partial charge on any atom is 0.212 e. The number of nitrogens with two attached hydrogens (primary N) is 1. The van der Waals surface area contributed by atoms with Gasteiger partial charge in [-0.25, -0.2) is 4.98 Å². The van der Waals surface area contributed by atoms with Gasteiger partial charge in [-0.15, -0.1) is 0 Å². The zero-order chi connectivity index (χ0) is 10.3. The average molecular weight is 203 g/mol. The molecule has 0 spiro atoms. The Kier molecular flexibility index (Phi) is 1.89. The summed E-state index contributed by atoms with van der Waals surface area (Å²) in [5, 5.41) is 3.36. The number of fused-ring (bicyclic) bond motifs is 1. The van der Waals surface area contributed by atoms with Gasteiger partial charge in [0.1, 0.15) is 5.52 Å². The standard InChI is InChI=1S/C11H13N3O/c12-7-3-1-5-9-10(7)14-11(15-9)8-4-2-6-13-8/h1,3,5,8,13H,2,4,6,12H2. The van der Waals surface area contributed by atoms with Gasteiger partial charge in [-0.2, -0.15) is 0 Å². The smallest absolute Gasteiger partial charge is 0.212 e. The van der Waals surface area contributed by atoms with Crippen LogP contribution in [-0.2, 0) is 0 Å². The van der Waals surface area contributed by atoms with Gasteiger partial charge in [0.2, 0.25) is 5.89 Å². The van der Waals surface area contributed by atoms with Crippen molar-refractivity contribution in [1.82, 2.24) is 10.3 Å². The third kappa shape index (κ3) is 1.37. The molecule has 2 aromatic rings. The monoisotopic (exact) mass is 203 g/mol. The molecule has 0 bridgehead atoms. The van der Waals surface area contributed by atoms with Gasteiger partial charge in [-0.05, 0) is 31.5 Å². The zero-order valence-corrected chi connectivity index (χ0v) is 8.36. The van der Waals surface area contributed by atoms with Crippen LogP contribution in [0.5, 0.6) is 0 Å². The van der Waals surface area contributed by atoms with Crippen molar-refractivity contribution in [3.63, 3.8) is 0 Å². The summed E-state index contributed by atoms with van der Waals surface area (Å²) in [4.78, 5) is 4.44. The molecule has 1 aromatic heterocycles. The van der Waals surface area contributed by atoms with E-state index in [4.69, 9.17) is 10.2 Å². The molecule has 0 amide bonds. The molecule has 1 unspecified atom stereocenters. The lowest BCUT2D eigenvalue weighted by Crippen LogP contribution is -2.12. The lowest BCUT2D eigenvalue weighted by Gasteiger charge is -2.02. The molecule has 3 N–H and O–H groups in total. The Hall–Kier alpha value is -1.55. The summed E-state index contributed by atoms with van der Waals surface area (Å²) >= 11 is 0. The molecule has 1 aliphatic heterocycles. The van der Waals surface area contributed by atoms with E-state index in [1.165, 1.54) is 6.42 Å². The van der Waals surface area contributed by atoms with Gasteiger partial charge < -0.3 is 15.5 Å². The maximum atomic E-state index is 5.83. The number of nitrogens with one attached hydrogen (secondary N) is 1. The fraction of sp³-hybridized carbons (Fsp3) is 0.364. The van der Waals surface area contributed by atoms with E-state index >= 15 is 0 Å². The molecule has 1 fully saturated rings. The highest BCUT2D eigenvalue weighted by Crippen LogP contribution is 2.28. The SMILES string of the molecule is Nc1cccc2oc(C3CCCN3)nc12. The summed E-state index contributed by atoms with van der Waals surface area (Å²) in [5.74, 6) is 0.764. The number of oxazole rings is 1. The number of benzene rings is 1. The normalized spacial score (nSPS) is 21.2. The number of rotatable bonds is 1. The number of hydrogen-bond donors (Lipinski definition) is 2. The van der Waals surface area contributed by atoms with E-state index in [1.54, 1.807) is 0 Å². The Labute approximate surface area is 87.5 Å². The number of nitrogens with zero attached hydrogens (tertiary/aromatic N) is 1. The highest BCUT2D eigenvalue weighted by Gasteiger charge is 2.21. The van der Waals surface area contributed by atoms with Gasteiger partial charge in [-0.3, -0.25) is 0 Å². The molecular formula is C11H13N3O. The first-order valence-electron chi connectivity index (χ1n) is 5.23. The molecule has 0 aliphatic carbocycles. The molecule has 1 atom stereocenters. The Morgan fingerprint density at radius 1 is 1.47 bits per heavy atom. The van der Waals surface area contributed by atoms with Gasteiger partial charge in [-0.1, -0.05) is 6.07 Å². The van der Waals surface area contributed by atoms with Crippen molar-refractivity contribution in [3.05, 3.63) is 24.1 Å². The predicted molar refractivity (Wildman–Crippen MR) is 58.4 cm³/mol. The molecule has 78 valence electrons. The summed E-state index contributed by atoms with van der Waals surface area (Å²) in [5.41, 5.74) is 8.06. The third-order valence-corrected chi connectivity index (χ3v) is 2.83. The predicted octanol–water partition coefficient (Wildman–Crippen LogP) is 1.83. The van der Waals surface area contributed by atoms with Crippen molar-refractivity contribution < 1.29 is 4.42 Å². The molecule has 15 heavy (non-hydrogen) atoms. The summed E-state index contributed by atoms with van der Waals surface area (Å²) in [6, 6.07) is 5.89. The third-order valence-electron chi connectivity index (χ3n) is 2.83. The molecule has 1 aliphatic rings. The molecule has 0 radical (unpaired) electrons.